The molecule has 0 amide bonds. The molecule has 0 bridgehead atoms. The van der Waals surface area contributed by atoms with Gasteiger partial charge >= 0.3 is 0 Å². The Balaban J connectivity index is 2.15. The highest BCUT2D eigenvalue weighted by molar-refractivity contribution is 5.60. The topological polar surface area (TPSA) is 92.1 Å². The number of aliphatic hydroxyl groups is 1. The van der Waals surface area contributed by atoms with Crippen molar-refractivity contribution in [3.63, 3.8) is 0 Å². The first-order chi connectivity index (χ1) is 8.70. The van der Waals surface area contributed by atoms with Gasteiger partial charge in [-0.15, -0.1) is 0 Å². The molecule has 0 aliphatic heterocycles. The molecular formula is C12H13N3O3. The van der Waals surface area contributed by atoms with Crippen LogP contribution in [-0.2, 0) is 6.42 Å². The van der Waals surface area contributed by atoms with E-state index in [1.54, 1.807) is 18.3 Å². The molecule has 0 unspecified atom stereocenters. The number of aromatic nitrogens is 2. The van der Waals surface area contributed by atoms with Crippen LogP contribution in [0.4, 0.5) is 5.69 Å². The van der Waals surface area contributed by atoms with Crippen molar-refractivity contribution >= 4 is 5.69 Å². The maximum atomic E-state index is 10.5. The Morgan fingerprint density at radius 1 is 1.33 bits per heavy atom. The Hall–Kier alpha value is -2.21. The third-order valence-electron chi connectivity index (χ3n) is 2.59. The molecule has 0 aliphatic rings. The minimum atomic E-state index is -0.427. The molecule has 0 saturated heterocycles. The van der Waals surface area contributed by atoms with Gasteiger partial charge in [0.2, 0.25) is 0 Å². The summed E-state index contributed by atoms with van der Waals surface area (Å²) in [5, 5.41) is 19.3. The molecule has 18 heavy (non-hydrogen) atoms. The van der Waals surface area contributed by atoms with Gasteiger partial charge < -0.3 is 10.1 Å². The number of benzene rings is 1. The Morgan fingerprint density at radius 3 is 2.67 bits per heavy atom. The monoisotopic (exact) mass is 247 g/mol. The number of hydrogen-bond acceptors (Lipinski definition) is 4. The van der Waals surface area contributed by atoms with E-state index in [-0.39, 0.29) is 12.3 Å². The standard InChI is InChI=1S/C12H13N3O3/c16-7-1-2-12-13-8-11(14-12)9-3-5-10(6-4-9)15(17)18/h3-6,8,16H,1-2,7H2,(H,13,14). The highest BCUT2D eigenvalue weighted by atomic mass is 16.6. The number of aliphatic hydroxyl groups excluding tert-OH is 1. The van der Waals surface area contributed by atoms with E-state index < -0.39 is 4.92 Å². The molecule has 1 aromatic heterocycles. The first-order valence-electron chi connectivity index (χ1n) is 5.60. The fourth-order valence-corrected chi connectivity index (χ4v) is 1.65. The maximum Gasteiger partial charge on any atom is 0.269 e. The Morgan fingerprint density at radius 2 is 2.06 bits per heavy atom. The van der Waals surface area contributed by atoms with Crippen molar-refractivity contribution in [1.82, 2.24) is 9.97 Å². The molecule has 0 atom stereocenters. The number of aromatic amines is 1. The van der Waals surface area contributed by atoms with Crippen LogP contribution in [0, 0.1) is 10.1 Å². The second kappa shape index (κ2) is 5.42. The largest absolute Gasteiger partial charge is 0.396 e. The van der Waals surface area contributed by atoms with Crippen molar-refractivity contribution in [3.8, 4) is 11.3 Å². The Kier molecular flexibility index (Phi) is 3.69. The van der Waals surface area contributed by atoms with Gasteiger partial charge in [0.1, 0.15) is 5.82 Å². The number of nitrogens with one attached hydrogen (secondary N) is 1. The van der Waals surface area contributed by atoms with Crippen LogP contribution in [0.5, 0.6) is 0 Å². The summed E-state index contributed by atoms with van der Waals surface area (Å²) in [6.45, 7) is 0.133. The maximum absolute atomic E-state index is 10.5. The van der Waals surface area contributed by atoms with E-state index in [1.807, 2.05) is 0 Å². The van der Waals surface area contributed by atoms with Crippen molar-refractivity contribution in [2.45, 2.75) is 12.8 Å². The molecule has 0 fully saturated rings. The average molecular weight is 247 g/mol. The highest BCUT2D eigenvalue weighted by Gasteiger charge is 2.07. The van der Waals surface area contributed by atoms with Gasteiger partial charge in [-0.2, -0.15) is 0 Å². The van der Waals surface area contributed by atoms with E-state index in [2.05, 4.69) is 9.97 Å². The molecule has 0 saturated carbocycles. The van der Waals surface area contributed by atoms with Crippen molar-refractivity contribution in [1.29, 1.82) is 0 Å². The lowest BCUT2D eigenvalue weighted by Gasteiger charge is -1.97. The summed E-state index contributed by atoms with van der Waals surface area (Å²) in [7, 11) is 0. The van der Waals surface area contributed by atoms with Crippen LogP contribution >= 0.6 is 0 Å². The molecule has 0 spiro atoms. The fourth-order valence-electron chi connectivity index (χ4n) is 1.65. The summed E-state index contributed by atoms with van der Waals surface area (Å²) in [5.74, 6) is 0.803. The summed E-state index contributed by atoms with van der Waals surface area (Å²) < 4.78 is 0. The average Bonchev–Trinajstić information content (AvgIpc) is 2.85. The van der Waals surface area contributed by atoms with Crippen molar-refractivity contribution in [3.05, 3.63) is 46.4 Å². The first kappa shape index (κ1) is 12.3. The van der Waals surface area contributed by atoms with Crippen LogP contribution in [0.25, 0.3) is 11.3 Å². The van der Waals surface area contributed by atoms with Gasteiger partial charge in [0.15, 0.2) is 0 Å². The zero-order valence-corrected chi connectivity index (χ0v) is 9.67. The van der Waals surface area contributed by atoms with E-state index in [4.69, 9.17) is 5.11 Å². The molecular weight excluding hydrogens is 234 g/mol. The molecule has 6 nitrogen and oxygen atoms in total. The smallest absolute Gasteiger partial charge is 0.269 e. The third-order valence-corrected chi connectivity index (χ3v) is 2.59. The van der Waals surface area contributed by atoms with Crippen molar-refractivity contribution in [2.75, 3.05) is 6.61 Å². The van der Waals surface area contributed by atoms with Crippen LogP contribution in [0.3, 0.4) is 0 Å². The van der Waals surface area contributed by atoms with E-state index >= 15 is 0 Å². The van der Waals surface area contributed by atoms with Gasteiger partial charge in [0.05, 0.1) is 16.8 Å². The van der Waals surface area contributed by atoms with Gasteiger partial charge in [0, 0.05) is 30.7 Å². The van der Waals surface area contributed by atoms with Gasteiger partial charge in [-0.3, -0.25) is 10.1 Å². The summed E-state index contributed by atoms with van der Waals surface area (Å²) in [5.41, 5.74) is 1.74. The van der Waals surface area contributed by atoms with Crippen LogP contribution in [0.2, 0.25) is 0 Å². The second-order valence-corrected chi connectivity index (χ2v) is 3.87. The second-order valence-electron chi connectivity index (χ2n) is 3.87. The molecule has 94 valence electrons. The summed E-state index contributed by atoms with van der Waals surface area (Å²) in [6.07, 6.45) is 3.03. The van der Waals surface area contributed by atoms with E-state index in [0.29, 0.717) is 12.8 Å². The summed E-state index contributed by atoms with van der Waals surface area (Å²) >= 11 is 0. The molecule has 0 aliphatic carbocycles. The van der Waals surface area contributed by atoms with Crippen molar-refractivity contribution < 1.29 is 10.0 Å². The highest BCUT2D eigenvalue weighted by Crippen LogP contribution is 2.20. The zero-order chi connectivity index (χ0) is 13.0. The minimum absolute atomic E-state index is 0.0683. The summed E-state index contributed by atoms with van der Waals surface area (Å²) in [6, 6.07) is 6.29. The van der Waals surface area contributed by atoms with Gasteiger partial charge in [0.25, 0.3) is 5.69 Å². The number of hydrogen-bond donors (Lipinski definition) is 2. The quantitative estimate of drug-likeness (QED) is 0.623. The number of non-ortho nitro benzene ring substituents is 1. The fraction of sp³-hybridized carbons (Fsp3) is 0.250. The Bertz CT molecular complexity index is 534. The molecule has 6 heteroatoms. The molecule has 1 heterocycles. The molecule has 2 aromatic rings. The number of imidazole rings is 1. The Labute approximate surface area is 103 Å². The normalized spacial score (nSPS) is 10.5. The van der Waals surface area contributed by atoms with Crippen LogP contribution in [0.1, 0.15) is 12.2 Å². The van der Waals surface area contributed by atoms with E-state index in [0.717, 1.165) is 17.1 Å². The van der Waals surface area contributed by atoms with Crippen LogP contribution in [0.15, 0.2) is 30.5 Å². The molecule has 1 aromatic carbocycles. The van der Waals surface area contributed by atoms with Crippen molar-refractivity contribution in [2.24, 2.45) is 0 Å². The van der Waals surface area contributed by atoms with Gasteiger partial charge in [-0.05, 0) is 18.6 Å². The zero-order valence-electron chi connectivity index (χ0n) is 9.67. The number of rotatable bonds is 5. The molecule has 0 radical (unpaired) electrons. The number of aryl methyl sites for hydroxylation is 1. The number of H-pyrrole nitrogens is 1. The van der Waals surface area contributed by atoms with E-state index in [1.165, 1.54) is 12.1 Å². The van der Waals surface area contributed by atoms with Crippen LogP contribution in [-0.4, -0.2) is 26.6 Å². The molecule has 2 N–H and O–H groups in total. The summed E-state index contributed by atoms with van der Waals surface area (Å²) in [4.78, 5) is 17.4. The van der Waals surface area contributed by atoms with Gasteiger partial charge in [-0.1, -0.05) is 0 Å². The predicted octanol–water partition coefficient (Wildman–Crippen LogP) is 1.91. The lowest BCUT2D eigenvalue weighted by molar-refractivity contribution is -0.384. The van der Waals surface area contributed by atoms with E-state index in [9.17, 15) is 10.1 Å². The van der Waals surface area contributed by atoms with Gasteiger partial charge in [-0.25, -0.2) is 4.98 Å². The number of nitro groups is 1. The third kappa shape index (κ3) is 2.72. The predicted molar refractivity (Wildman–Crippen MR) is 66.1 cm³/mol. The minimum Gasteiger partial charge on any atom is -0.396 e. The lowest BCUT2D eigenvalue weighted by Crippen LogP contribution is -1.91. The SMILES string of the molecule is O=[N+]([O-])c1ccc(-c2cnc(CCCO)[nH]2)cc1. The van der Waals surface area contributed by atoms with Crippen LogP contribution < -0.4 is 0 Å². The first-order valence-corrected chi connectivity index (χ1v) is 5.60. The lowest BCUT2D eigenvalue weighted by atomic mass is 10.1. The molecule has 2 rings (SSSR count). The number of nitro benzene ring substituents is 1. The number of nitrogens with zero attached hydrogens (tertiary/aromatic N) is 2.